The molecule has 1 aliphatic heterocycles. The molecule has 2 aromatic heterocycles. The average Bonchev–Trinajstić information content (AvgIpc) is 3.36. The summed E-state index contributed by atoms with van der Waals surface area (Å²) in [6.45, 7) is 9.56. The van der Waals surface area contributed by atoms with E-state index in [1.165, 1.54) is 6.33 Å². The maximum absolute atomic E-state index is 13.6. The van der Waals surface area contributed by atoms with Gasteiger partial charge in [-0.2, -0.15) is 4.98 Å². The highest BCUT2D eigenvalue weighted by Gasteiger charge is 2.30. The van der Waals surface area contributed by atoms with Crippen molar-refractivity contribution < 1.29 is 23.9 Å². The highest BCUT2D eigenvalue weighted by Crippen LogP contribution is 2.39. The number of carbonyl (C=O) groups excluding carboxylic acids is 1. The van der Waals surface area contributed by atoms with Crippen molar-refractivity contribution in [3.8, 4) is 23.1 Å². The van der Waals surface area contributed by atoms with Gasteiger partial charge in [-0.05, 0) is 81.7 Å². The van der Waals surface area contributed by atoms with Crippen LogP contribution in [0.4, 0.5) is 11.5 Å². The van der Waals surface area contributed by atoms with E-state index in [2.05, 4.69) is 28.7 Å². The Bertz CT molecular complexity index is 1630. The quantitative estimate of drug-likeness (QED) is 0.106. The number of ether oxygens (including phenoxy) is 3. The van der Waals surface area contributed by atoms with Crippen LogP contribution in [0.1, 0.15) is 56.1 Å². The fraction of sp³-hybridized carbons (Fsp3) is 0.406. The third-order valence-corrected chi connectivity index (χ3v) is 7.94. The van der Waals surface area contributed by atoms with Crippen molar-refractivity contribution in [3.63, 3.8) is 0 Å². The Hall–Kier alpha value is -4.71. The van der Waals surface area contributed by atoms with E-state index in [1.807, 2.05) is 39.8 Å². The molecule has 1 aliphatic rings. The van der Waals surface area contributed by atoms with Crippen LogP contribution in [0.3, 0.4) is 0 Å². The van der Waals surface area contributed by atoms with Gasteiger partial charge in [-0.3, -0.25) is 15.0 Å². The molecule has 12 nitrogen and oxygen atoms in total. The molecule has 0 unspecified atom stereocenters. The highest BCUT2D eigenvalue weighted by molar-refractivity contribution is 6.07. The number of hydrogen-bond acceptors (Lipinski definition) is 10. The second kappa shape index (κ2) is 13.7. The van der Waals surface area contributed by atoms with Crippen molar-refractivity contribution in [1.82, 2.24) is 19.4 Å². The van der Waals surface area contributed by atoms with Gasteiger partial charge in [0.2, 0.25) is 5.82 Å². The fourth-order valence-electron chi connectivity index (χ4n) is 5.69. The molecule has 0 atom stereocenters. The zero-order valence-electron chi connectivity index (χ0n) is 25.6. The molecule has 4 aromatic rings. The topological polar surface area (TPSA) is 125 Å². The molecule has 1 fully saturated rings. The minimum absolute atomic E-state index is 0.152. The summed E-state index contributed by atoms with van der Waals surface area (Å²) in [5.41, 5.74) is 2.52. The van der Waals surface area contributed by atoms with Crippen molar-refractivity contribution in [2.45, 2.75) is 46.6 Å². The average molecular weight is 603 g/mol. The first kappa shape index (κ1) is 30.7. The third kappa shape index (κ3) is 6.16. The number of fused-ring (bicyclic) bond motifs is 1. The number of hydrogen-bond donors (Lipinski definition) is 0. The minimum atomic E-state index is -0.496. The zero-order valence-corrected chi connectivity index (χ0v) is 25.6. The molecule has 232 valence electrons. The number of benzene rings is 2. The summed E-state index contributed by atoms with van der Waals surface area (Å²) >= 11 is 0. The van der Waals surface area contributed by atoms with Gasteiger partial charge in [-0.25, -0.2) is 9.78 Å². The Kier molecular flexibility index (Phi) is 9.59. The van der Waals surface area contributed by atoms with Crippen molar-refractivity contribution in [2.75, 3.05) is 44.8 Å². The summed E-state index contributed by atoms with van der Waals surface area (Å²) in [6.07, 6.45) is 4.24. The van der Waals surface area contributed by atoms with Gasteiger partial charge in [0.1, 0.15) is 17.8 Å². The largest absolute Gasteiger partial charge is 0.497 e. The number of nitrogens with zero attached hydrogens (tertiary/aromatic N) is 6. The van der Waals surface area contributed by atoms with Crippen molar-refractivity contribution in [3.05, 3.63) is 70.2 Å². The number of aromatic nitrogens is 3. The van der Waals surface area contributed by atoms with E-state index >= 15 is 0 Å². The second-order valence-corrected chi connectivity index (χ2v) is 10.5. The lowest BCUT2D eigenvalue weighted by molar-refractivity contribution is -0.385. The van der Waals surface area contributed by atoms with E-state index in [0.717, 1.165) is 49.2 Å². The second-order valence-electron chi connectivity index (χ2n) is 10.5. The van der Waals surface area contributed by atoms with E-state index < -0.39 is 10.9 Å². The Balaban J connectivity index is 1.67. The summed E-state index contributed by atoms with van der Waals surface area (Å²) in [4.78, 5) is 37.9. The number of anilines is 1. The van der Waals surface area contributed by atoms with Crippen molar-refractivity contribution in [1.29, 1.82) is 0 Å². The third-order valence-electron chi connectivity index (χ3n) is 7.94. The van der Waals surface area contributed by atoms with Crippen molar-refractivity contribution in [2.24, 2.45) is 0 Å². The maximum Gasteiger partial charge on any atom is 0.373 e. The lowest BCUT2D eigenvalue weighted by atomic mass is 10.1. The van der Waals surface area contributed by atoms with Crippen LogP contribution < -0.4 is 14.4 Å². The number of esters is 1. The molecule has 44 heavy (non-hydrogen) atoms. The predicted octanol–water partition coefficient (Wildman–Crippen LogP) is 6.14. The van der Waals surface area contributed by atoms with Crippen molar-refractivity contribution >= 4 is 28.4 Å². The van der Waals surface area contributed by atoms with Crippen LogP contribution in [-0.2, 0) is 11.3 Å². The molecule has 0 N–H and O–H groups in total. The van der Waals surface area contributed by atoms with E-state index in [-0.39, 0.29) is 24.0 Å². The molecule has 0 saturated carbocycles. The standard InChI is InChI=1S/C32H38N6O6/c1-5-35(6-2)20-27-28(32(39)43-7-3)25-19-24(15-16-26(25)37(27)22-11-13-23(42-4)14-12-22)44-31-29(38(40)41)30(33-21-34-31)36-17-9-8-10-18-36/h11-16,19,21H,5-10,17-18,20H2,1-4H3. The summed E-state index contributed by atoms with van der Waals surface area (Å²) in [5.74, 6) is 0.660. The van der Waals surface area contributed by atoms with Gasteiger partial charge in [0, 0.05) is 30.7 Å². The molecular weight excluding hydrogens is 564 g/mol. The SMILES string of the molecule is CCOC(=O)c1c(CN(CC)CC)n(-c2ccc(OC)cc2)c2ccc(Oc3ncnc(N4CCCCC4)c3[N+](=O)[O-])cc12. The highest BCUT2D eigenvalue weighted by atomic mass is 16.6. The molecule has 0 spiro atoms. The summed E-state index contributed by atoms with van der Waals surface area (Å²) in [5, 5.41) is 12.9. The first-order chi connectivity index (χ1) is 21.4. The molecule has 5 rings (SSSR count). The molecule has 2 aromatic carbocycles. The van der Waals surface area contributed by atoms with Crippen LogP contribution in [0, 0.1) is 10.1 Å². The Labute approximate surface area is 256 Å². The maximum atomic E-state index is 13.6. The van der Waals surface area contributed by atoms with E-state index in [1.54, 1.807) is 26.2 Å². The van der Waals surface area contributed by atoms with Crippen LogP contribution in [0.15, 0.2) is 48.8 Å². The number of carbonyl (C=O) groups is 1. The lowest BCUT2D eigenvalue weighted by Gasteiger charge is -2.27. The lowest BCUT2D eigenvalue weighted by Crippen LogP contribution is -2.30. The minimum Gasteiger partial charge on any atom is -0.497 e. The fourth-order valence-corrected chi connectivity index (χ4v) is 5.69. The summed E-state index contributed by atoms with van der Waals surface area (Å²) in [7, 11) is 1.61. The Morgan fingerprint density at radius 1 is 1.00 bits per heavy atom. The number of rotatable bonds is 12. The molecule has 1 saturated heterocycles. The van der Waals surface area contributed by atoms with Gasteiger partial charge in [-0.15, -0.1) is 0 Å². The predicted molar refractivity (Wildman–Crippen MR) is 167 cm³/mol. The molecule has 0 radical (unpaired) electrons. The number of nitro groups is 1. The molecule has 0 aliphatic carbocycles. The van der Waals surface area contributed by atoms with Crippen LogP contribution >= 0.6 is 0 Å². The number of piperidine rings is 1. The summed E-state index contributed by atoms with van der Waals surface area (Å²) in [6, 6.07) is 12.9. The Morgan fingerprint density at radius 3 is 2.34 bits per heavy atom. The van der Waals surface area contributed by atoms with Crippen LogP contribution in [-0.4, -0.2) is 70.2 Å². The van der Waals surface area contributed by atoms with Gasteiger partial charge >= 0.3 is 17.5 Å². The van der Waals surface area contributed by atoms with Gasteiger partial charge < -0.3 is 23.7 Å². The smallest absolute Gasteiger partial charge is 0.373 e. The van der Waals surface area contributed by atoms with Gasteiger partial charge in [-0.1, -0.05) is 13.8 Å². The molecule has 0 bridgehead atoms. The Morgan fingerprint density at radius 2 is 1.70 bits per heavy atom. The first-order valence-electron chi connectivity index (χ1n) is 15.0. The normalized spacial score (nSPS) is 13.3. The zero-order chi connectivity index (χ0) is 31.2. The monoisotopic (exact) mass is 602 g/mol. The molecule has 12 heteroatoms. The van der Waals surface area contributed by atoms with E-state index in [9.17, 15) is 14.9 Å². The van der Waals surface area contributed by atoms with Crippen LogP contribution in [0.25, 0.3) is 16.6 Å². The molecular formula is C32H38N6O6. The molecule has 0 amide bonds. The van der Waals surface area contributed by atoms with Crippen LogP contribution in [0.2, 0.25) is 0 Å². The van der Waals surface area contributed by atoms with E-state index in [0.29, 0.717) is 42.1 Å². The van der Waals surface area contributed by atoms with Gasteiger partial charge in [0.15, 0.2) is 0 Å². The summed E-state index contributed by atoms with van der Waals surface area (Å²) < 4.78 is 19.1. The number of methoxy groups -OCH3 is 1. The van der Waals surface area contributed by atoms with Gasteiger partial charge in [0.25, 0.3) is 0 Å². The first-order valence-corrected chi connectivity index (χ1v) is 15.0. The van der Waals surface area contributed by atoms with Gasteiger partial charge in [0.05, 0.1) is 35.4 Å². The van der Waals surface area contributed by atoms with Crippen LogP contribution in [0.5, 0.6) is 17.4 Å². The van der Waals surface area contributed by atoms with E-state index in [4.69, 9.17) is 14.2 Å². The molecule has 3 heterocycles.